The number of rotatable bonds is 8. The first kappa shape index (κ1) is 25.1. The number of aromatic nitrogens is 1. The van der Waals surface area contributed by atoms with Crippen LogP contribution in [-0.4, -0.2) is 54.8 Å². The van der Waals surface area contributed by atoms with E-state index in [0.29, 0.717) is 29.7 Å². The number of carbonyl (C=O) groups excluding carboxylic acids is 1. The lowest BCUT2D eigenvalue weighted by Gasteiger charge is -2.37. The van der Waals surface area contributed by atoms with Gasteiger partial charge in [0, 0.05) is 37.3 Å². The predicted octanol–water partition coefficient (Wildman–Crippen LogP) is 4.47. The molecule has 9 heteroatoms. The number of hydrogen-bond acceptors (Lipinski definition) is 7. The van der Waals surface area contributed by atoms with Crippen LogP contribution in [0, 0.1) is 0 Å². The number of benzene rings is 2. The third-order valence-electron chi connectivity index (χ3n) is 6.82. The molecule has 0 saturated carbocycles. The second-order valence-corrected chi connectivity index (χ2v) is 11.0. The van der Waals surface area contributed by atoms with E-state index in [1.54, 1.807) is 59.2 Å². The first-order chi connectivity index (χ1) is 18.0. The molecule has 5 rings (SSSR count). The molecule has 0 N–H and O–H groups in total. The Balaban J connectivity index is 1.34. The number of methoxy groups -OCH3 is 1. The van der Waals surface area contributed by atoms with Crippen LogP contribution >= 0.6 is 0 Å². The van der Waals surface area contributed by atoms with E-state index in [-0.39, 0.29) is 23.5 Å². The topological polar surface area (TPSA) is 93.0 Å². The molecule has 1 saturated heterocycles. The Morgan fingerprint density at radius 3 is 2.51 bits per heavy atom. The molecule has 8 nitrogen and oxygen atoms in total. The molecule has 2 aromatic carbocycles. The van der Waals surface area contributed by atoms with Gasteiger partial charge >= 0.3 is 5.97 Å². The van der Waals surface area contributed by atoms with Crippen molar-refractivity contribution < 1.29 is 22.4 Å². The summed E-state index contributed by atoms with van der Waals surface area (Å²) >= 11 is 0. The van der Waals surface area contributed by atoms with Crippen molar-refractivity contribution in [2.45, 2.75) is 36.9 Å². The summed E-state index contributed by atoms with van der Waals surface area (Å²) in [5.41, 5.74) is 2.09. The Hall–Kier alpha value is -3.53. The lowest BCUT2D eigenvalue weighted by atomic mass is 10.0. The molecule has 0 spiro atoms. The number of piperidine rings is 1. The molecule has 1 fully saturated rings. The average molecular weight is 520 g/mol. The van der Waals surface area contributed by atoms with Crippen molar-refractivity contribution in [3.8, 4) is 0 Å². The zero-order chi connectivity index (χ0) is 25.8. The van der Waals surface area contributed by atoms with Gasteiger partial charge in [0.1, 0.15) is 10.7 Å². The fourth-order valence-electron chi connectivity index (χ4n) is 4.86. The zero-order valence-corrected chi connectivity index (χ0v) is 21.4. The smallest absolute Gasteiger partial charge is 0.337 e. The molecular weight excluding hydrogens is 490 g/mol. The first-order valence-corrected chi connectivity index (χ1v) is 13.7. The number of para-hydroxylation sites is 1. The number of ether oxygens (including phenoxy) is 1. The fourth-order valence-corrected chi connectivity index (χ4v) is 6.68. The molecule has 0 bridgehead atoms. The number of sulfonamides is 1. The summed E-state index contributed by atoms with van der Waals surface area (Å²) in [6, 6.07) is 19.7. The van der Waals surface area contributed by atoms with Gasteiger partial charge in [0.2, 0.25) is 10.0 Å². The number of carbonyl (C=O) groups is 1. The molecule has 4 aromatic rings. The van der Waals surface area contributed by atoms with E-state index in [4.69, 9.17) is 9.15 Å². The van der Waals surface area contributed by atoms with Crippen molar-refractivity contribution in [3.63, 3.8) is 0 Å². The molecule has 1 aliphatic heterocycles. The molecule has 192 valence electrons. The first-order valence-electron chi connectivity index (χ1n) is 12.2. The van der Waals surface area contributed by atoms with Crippen molar-refractivity contribution in [1.29, 1.82) is 0 Å². The summed E-state index contributed by atoms with van der Waals surface area (Å²) < 4.78 is 40.0. The maximum Gasteiger partial charge on any atom is 0.337 e. The summed E-state index contributed by atoms with van der Waals surface area (Å²) in [6.07, 6.45) is 4.57. The number of pyridine rings is 1. The van der Waals surface area contributed by atoms with Gasteiger partial charge in [-0.1, -0.05) is 30.3 Å². The Kier molecular flexibility index (Phi) is 7.36. The molecule has 2 aromatic heterocycles. The summed E-state index contributed by atoms with van der Waals surface area (Å²) in [5, 5.41) is 0.787. The second kappa shape index (κ2) is 10.8. The minimum atomic E-state index is -3.85. The van der Waals surface area contributed by atoms with Crippen LogP contribution in [0.15, 0.2) is 88.5 Å². The Labute approximate surface area is 216 Å². The second-order valence-electron chi connectivity index (χ2n) is 9.16. The van der Waals surface area contributed by atoms with E-state index in [1.807, 2.05) is 24.3 Å². The molecule has 0 amide bonds. The van der Waals surface area contributed by atoms with Gasteiger partial charge in [-0.3, -0.25) is 9.88 Å². The maximum absolute atomic E-state index is 14.0. The van der Waals surface area contributed by atoms with Crippen LogP contribution in [-0.2, 0) is 27.8 Å². The van der Waals surface area contributed by atoms with Crippen molar-refractivity contribution in [3.05, 3.63) is 96.1 Å². The third-order valence-corrected chi connectivity index (χ3v) is 8.75. The van der Waals surface area contributed by atoms with Gasteiger partial charge in [-0.05, 0) is 54.8 Å². The highest BCUT2D eigenvalue weighted by Crippen LogP contribution is 2.30. The van der Waals surface area contributed by atoms with Crippen LogP contribution in [0.2, 0.25) is 0 Å². The Bertz CT molecular complexity index is 1460. The van der Waals surface area contributed by atoms with E-state index in [9.17, 15) is 13.2 Å². The van der Waals surface area contributed by atoms with E-state index in [0.717, 1.165) is 30.6 Å². The average Bonchev–Trinajstić information content (AvgIpc) is 3.45. The van der Waals surface area contributed by atoms with Crippen molar-refractivity contribution >= 4 is 26.9 Å². The highest BCUT2D eigenvalue weighted by Gasteiger charge is 2.35. The van der Waals surface area contributed by atoms with Gasteiger partial charge in [-0.15, -0.1) is 0 Å². The van der Waals surface area contributed by atoms with Crippen LogP contribution in [0.4, 0.5) is 0 Å². The SMILES string of the molecule is COC(=O)c1ccc(CN2CCC(N(Cc3ccco3)S(=O)(=O)c3cccc4cccnc34)CC2)cc1. The molecular formula is C28H29N3O5S. The lowest BCUT2D eigenvalue weighted by Crippen LogP contribution is -2.46. The predicted molar refractivity (Wildman–Crippen MR) is 139 cm³/mol. The van der Waals surface area contributed by atoms with Crippen molar-refractivity contribution in [2.75, 3.05) is 20.2 Å². The minimum absolute atomic E-state index is 0.165. The largest absolute Gasteiger partial charge is 0.468 e. The van der Waals surface area contributed by atoms with Gasteiger partial charge < -0.3 is 9.15 Å². The van der Waals surface area contributed by atoms with E-state index in [2.05, 4.69) is 9.88 Å². The number of esters is 1. The standard InChI is InChI=1S/C28H29N3O5S/c1-35-28(32)23-11-9-21(10-12-23)19-30-16-13-24(14-17-30)31(20-25-7-4-18-36-25)37(33,34)26-8-2-5-22-6-3-15-29-27(22)26/h2-12,15,18,24H,13-14,16-17,19-20H2,1H3. The molecule has 0 aliphatic carbocycles. The Morgan fingerprint density at radius 1 is 1.05 bits per heavy atom. The summed E-state index contributed by atoms with van der Waals surface area (Å²) in [7, 11) is -2.48. The van der Waals surface area contributed by atoms with Crippen LogP contribution < -0.4 is 0 Å². The van der Waals surface area contributed by atoms with E-state index >= 15 is 0 Å². The number of furan rings is 1. The molecule has 37 heavy (non-hydrogen) atoms. The van der Waals surface area contributed by atoms with Gasteiger partial charge in [-0.25, -0.2) is 13.2 Å². The number of fused-ring (bicyclic) bond motifs is 1. The van der Waals surface area contributed by atoms with Crippen LogP contribution in [0.3, 0.4) is 0 Å². The summed E-state index contributed by atoms with van der Waals surface area (Å²) in [6.45, 7) is 2.40. The van der Waals surface area contributed by atoms with Gasteiger partial charge in [0.25, 0.3) is 0 Å². The summed E-state index contributed by atoms with van der Waals surface area (Å²) in [5.74, 6) is 0.247. The molecule has 0 unspecified atom stereocenters. The number of nitrogens with zero attached hydrogens (tertiary/aromatic N) is 3. The third kappa shape index (κ3) is 5.44. The van der Waals surface area contributed by atoms with Crippen molar-refractivity contribution in [2.24, 2.45) is 0 Å². The molecule has 0 radical (unpaired) electrons. The van der Waals surface area contributed by atoms with Crippen LogP contribution in [0.1, 0.15) is 34.5 Å². The normalized spacial score (nSPS) is 15.3. The highest BCUT2D eigenvalue weighted by atomic mass is 32.2. The lowest BCUT2D eigenvalue weighted by molar-refractivity contribution is 0.0600. The monoisotopic (exact) mass is 519 g/mol. The van der Waals surface area contributed by atoms with Crippen LogP contribution in [0.25, 0.3) is 10.9 Å². The van der Waals surface area contributed by atoms with Gasteiger partial charge in [0.05, 0.1) is 31.0 Å². The minimum Gasteiger partial charge on any atom is -0.468 e. The number of likely N-dealkylation sites (tertiary alicyclic amines) is 1. The van der Waals surface area contributed by atoms with Gasteiger partial charge in [0.15, 0.2) is 0 Å². The quantitative estimate of drug-likeness (QED) is 0.317. The van der Waals surface area contributed by atoms with Crippen molar-refractivity contribution in [1.82, 2.24) is 14.2 Å². The Morgan fingerprint density at radius 2 is 1.81 bits per heavy atom. The van der Waals surface area contributed by atoms with Crippen LogP contribution in [0.5, 0.6) is 0 Å². The summed E-state index contributed by atoms with van der Waals surface area (Å²) in [4.78, 5) is 18.6. The molecule has 1 aliphatic rings. The molecule has 3 heterocycles. The van der Waals surface area contributed by atoms with E-state index < -0.39 is 10.0 Å². The zero-order valence-electron chi connectivity index (χ0n) is 20.6. The number of hydrogen-bond donors (Lipinski definition) is 0. The fraction of sp³-hybridized carbons (Fsp3) is 0.286. The molecule has 0 atom stereocenters. The van der Waals surface area contributed by atoms with E-state index in [1.165, 1.54) is 7.11 Å². The maximum atomic E-state index is 14.0. The van der Waals surface area contributed by atoms with Gasteiger partial charge in [-0.2, -0.15) is 4.31 Å². The highest BCUT2D eigenvalue weighted by molar-refractivity contribution is 7.89.